The minimum atomic E-state index is -3.12. The highest BCUT2D eigenvalue weighted by atomic mass is 19.2. The summed E-state index contributed by atoms with van der Waals surface area (Å²) in [5, 5.41) is 1.86. The van der Waals surface area contributed by atoms with Crippen LogP contribution in [-0.2, 0) is 9.53 Å². The lowest BCUT2D eigenvalue weighted by molar-refractivity contribution is -0.157. The molecule has 1 aromatic rings. The fraction of sp³-hybridized carbons (Fsp3) is 0.364. The van der Waals surface area contributed by atoms with Gasteiger partial charge in [-0.2, -0.15) is 0 Å². The highest BCUT2D eigenvalue weighted by Gasteiger charge is 2.43. The molecule has 7 heteroatoms. The second-order valence-corrected chi connectivity index (χ2v) is 3.19. The number of nitrogens with one attached hydrogen (secondary N) is 1. The number of rotatable bonds is 3. The molecular formula is C11H15F3N2O2. The lowest BCUT2D eigenvalue weighted by atomic mass is 10.2. The summed E-state index contributed by atoms with van der Waals surface area (Å²) >= 11 is 0. The van der Waals surface area contributed by atoms with Crippen molar-refractivity contribution in [1.29, 1.82) is 0 Å². The topological polar surface area (TPSA) is 64.4 Å². The Balaban J connectivity index is 0.000000351. The first-order valence-corrected chi connectivity index (χ1v) is 4.93. The summed E-state index contributed by atoms with van der Waals surface area (Å²) < 4.78 is 40.9. The molecule has 2 atom stereocenters. The average molecular weight is 264 g/mol. The van der Waals surface area contributed by atoms with Crippen molar-refractivity contribution in [3.8, 4) is 0 Å². The van der Waals surface area contributed by atoms with Crippen LogP contribution in [0.15, 0.2) is 30.3 Å². The summed E-state index contributed by atoms with van der Waals surface area (Å²) in [5.41, 5.74) is 4.65. The van der Waals surface area contributed by atoms with Crippen molar-refractivity contribution in [3.05, 3.63) is 36.1 Å². The molecule has 0 spiro atoms. The van der Waals surface area contributed by atoms with Gasteiger partial charge < -0.3 is 10.1 Å². The van der Waals surface area contributed by atoms with E-state index in [0.717, 1.165) is 14.2 Å². The van der Waals surface area contributed by atoms with Crippen molar-refractivity contribution in [2.24, 2.45) is 5.73 Å². The summed E-state index contributed by atoms with van der Waals surface area (Å²) in [6.45, 7) is 0. The van der Waals surface area contributed by atoms with Gasteiger partial charge in [-0.05, 0) is 12.1 Å². The lowest BCUT2D eigenvalue weighted by Gasteiger charge is -2.20. The summed E-state index contributed by atoms with van der Waals surface area (Å²) in [6.07, 6.45) is -2.46. The minimum Gasteiger partial charge on any atom is -0.355 e. The van der Waals surface area contributed by atoms with Gasteiger partial charge in [0.05, 0.1) is 0 Å². The van der Waals surface area contributed by atoms with E-state index in [1.807, 2.05) is 5.32 Å². The average Bonchev–Trinajstić information content (AvgIpc) is 2.38. The molecule has 4 nitrogen and oxygen atoms in total. The molecule has 18 heavy (non-hydrogen) atoms. The number of benzene rings is 1. The first-order valence-electron chi connectivity index (χ1n) is 4.93. The standard InChI is InChI=1S/C6H5F.C5H10F2N2O2/c7-6-4-2-1-3-5-6;1-9-4(10)5(7,8)3(6)11-2/h1-5H;3H,8H2,1-2H3,(H,9,10). The van der Waals surface area contributed by atoms with Crippen LogP contribution in [0.1, 0.15) is 0 Å². The Morgan fingerprint density at radius 3 is 2.22 bits per heavy atom. The van der Waals surface area contributed by atoms with E-state index < -0.39 is 18.1 Å². The molecule has 102 valence electrons. The number of nitrogens with two attached hydrogens (primary N) is 1. The Kier molecular flexibility index (Phi) is 6.99. The zero-order valence-corrected chi connectivity index (χ0v) is 9.99. The van der Waals surface area contributed by atoms with Crippen molar-refractivity contribution < 1.29 is 22.7 Å². The molecule has 0 aliphatic rings. The Labute approximate surface area is 103 Å². The predicted octanol–water partition coefficient (Wildman–Crippen LogP) is 1.12. The highest BCUT2D eigenvalue weighted by Crippen LogP contribution is 2.13. The van der Waals surface area contributed by atoms with E-state index in [1.54, 1.807) is 18.2 Å². The molecule has 0 heterocycles. The number of ether oxygens (including phenoxy) is 1. The van der Waals surface area contributed by atoms with E-state index in [1.165, 1.54) is 12.1 Å². The van der Waals surface area contributed by atoms with Crippen LogP contribution in [0.25, 0.3) is 0 Å². The van der Waals surface area contributed by atoms with Gasteiger partial charge >= 0.3 is 0 Å². The normalized spacial score (nSPS) is 14.8. The summed E-state index contributed by atoms with van der Waals surface area (Å²) in [6, 6.07) is 7.94. The van der Waals surface area contributed by atoms with Gasteiger partial charge in [0.1, 0.15) is 5.82 Å². The molecule has 0 radical (unpaired) electrons. The van der Waals surface area contributed by atoms with Crippen molar-refractivity contribution >= 4 is 5.91 Å². The molecule has 0 fully saturated rings. The minimum absolute atomic E-state index is 0.178. The maximum Gasteiger partial charge on any atom is 0.293 e. The Bertz CT molecular complexity index is 361. The number of likely N-dealkylation sites (N-methyl/N-ethyl adjacent to an activating group) is 1. The Hall–Kier alpha value is -1.60. The Morgan fingerprint density at radius 2 is 1.94 bits per heavy atom. The monoisotopic (exact) mass is 264 g/mol. The van der Waals surface area contributed by atoms with Gasteiger partial charge in [0.25, 0.3) is 18.1 Å². The molecule has 0 saturated carbocycles. The van der Waals surface area contributed by atoms with E-state index in [4.69, 9.17) is 0 Å². The van der Waals surface area contributed by atoms with Gasteiger partial charge in [-0.3, -0.25) is 10.5 Å². The zero-order chi connectivity index (χ0) is 14.2. The van der Waals surface area contributed by atoms with Crippen LogP contribution >= 0.6 is 0 Å². The van der Waals surface area contributed by atoms with Crippen LogP contribution in [0.5, 0.6) is 0 Å². The van der Waals surface area contributed by atoms with E-state index in [0.29, 0.717) is 0 Å². The van der Waals surface area contributed by atoms with E-state index >= 15 is 0 Å². The molecule has 1 amide bonds. The number of carbonyl (C=O) groups excluding carboxylic acids is 1. The van der Waals surface area contributed by atoms with E-state index in [-0.39, 0.29) is 5.82 Å². The molecule has 0 saturated heterocycles. The second kappa shape index (κ2) is 7.67. The quantitative estimate of drug-likeness (QED) is 0.804. The van der Waals surface area contributed by atoms with Crippen LogP contribution in [0.3, 0.4) is 0 Å². The second-order valence-electron chi connectivity index (χ2n) is 3.19. The highest BCUT2D eigenvalue weighted by molar-refractivity contribution is 5.84. The fourth-order valence-corrected chi connectivity index (χ4v) is 0.881. The summed E-state index contributed by atoms with van der Waals surface area (Å²) in [4.78, 5) is 10.5. The predicted molar refractivity (Wildman–Crippen MR) is 60.4 cm³/mol. The maximum absolute atomic E-state index is 12.7. The number of alkyl halides is 2. The van der Waals surface area contributed by atoms with Gasteiger partial charge in [-0.1, -0.05) is 18.2 Å². The van der Waals surface area contributed by atoms with Crippen molar-refractivity contribution in [2.75, 3.05) is 14.2 Å². The van der Waals surface area contributed by atoms with Gasteiger partial charge in [0, 0.05) is 14.2 Å². The van der Waals surface area contributed by atoms with Crippen LogP contribution in [0, 0.1) is 5.82 Å². The number of hydrogen-bond donors (Lipinski definition) is 2. The third-order valence-electron chi connectivity index (χ3n) is 1.85. The summed E-state index contributed by atoms with van der Waals surface area (Å²) in [5.74, 6) is -4.56. The van der Waals surface area contributed by atoms with Crippen LogP contribution < -0.4 is 11.1 Å². The van der Waals surface area contributed by atoms with Crippen molar-refractivity contribution in [1.82, 2.24) is 5.32 Å². The maximum atomic E-state index is 12.7. The number of hydrogen-bond acceptors (Lipinski definition) is 3. The molecule has 1 rings (SSSR count). The van der Waals surface area contributed by atoms with Crippen LogP contribution in [0.4, 0.5) is 13.2 Å². The summed E-state index contributed by atoms with van der Waals surface area (Å²) in [7, 11) is 2.06. The van der Waals surface area contributed by atoms with E-state index in [2.05, 4.69) is 10.5 Å². The molecule has 3 N–H and O–H groups in total. The molecule has 1 aromatic carbocycles. The van der Waals surface area contributed by atoms with Crippen LogP contribution in [-0.4, -0.2) is 32.2 Å². The molecule has 0 aliphatic carbocycles. The molecule has 0 aliphatic heterocycles. The molecule has 0 bridgehead atoms. The first kappa shape index (κ1) is 16.4. The van der Waals surface area contributed by atoms with Gasteiger partial charge in [0.15, 0.2) is 0 Å². The first-order chi connectivity index (χ1) is 8.36. The molecule has 2 unspecified atom stereocenters. The number of amides is 1. The number of methoxy groups -OCH3 is 1. The van der Waals surface area contributed by atoms with Gasteiger partial charge in [0.2, 0.25) is 0 Å². The van der Waals surface area contributed by atoms with Crippen molar-refractivity contribution in [3.63, 3.8) is 0 Å². The SMILES string of the molecule is CNC(=O)C(N)(F)C(F)OC.Fc1ccccc1. The fourth-order valence-electron chi connectivity index (χ4n) is 0.881. The van der Waals surface area contributed by atoms with E-state index in [9.17, 15) is 18.0 Å². The smallest absolute Gasteiger partial charge is 0.293 e. The number of halogens is 3. The van der Waals surface area contributed by atoms with Crippen LogP contribution in [0.2, 0.25) is 0 Å². The third kappa shape index (κ3) is 5.15. The third-order valence-corrected chi connectivity index (χ3v) is 1.85. The molecule has 0 aromatic heterocycles. The molecular weight excluding hydrogens is 249 g/mol. The lowest BCUT2D eigenvalue weighted by Crippen LogP contribution is -2.56. The van der Waals surface area contributed by atoms with Gasteiger partial charge in [-0.25, -0.2) is 13.2 Å². The van der Waals surface area contributed by atoms with Crippen molar-refractivity contribution in [2.45, 2.75) is 12.2 Å². The largest absolute Gasteiger partial charge is 0.355 e. The van der Waals surface area contributed by atoms with Gasteiger partial charge in [-0.15, -0.1) is 0 Å². The zero-order valence-electron chi connectivity index (χ0n) is 9.99. The Morgan fingerprint density at radius 1 is 1.44 bits per heavy atom. The number of carbonyl (C=O) groups is 1.